The molecule has 1 aliphatic rings. The minimum atomic E-state index is -3.83. The Balaban J connectivity index is 1.71. The van der Waals surface area contributed by atoms with Gasteiger partial charge in [0, 0.05) is 23.9 Å². The van der Waals surface area contributed by atoms with Gasteiger partial charge < -0.3 is 14.8 Å². The average molecular weight is 404 g/mol. The summed E-state index contributed by atoms with van der Waals surface area (Å²) in [6, 6.07) is 10.9. The molecule has 0 saturated carbocycles. The molecule has 2 aromatic rings. The quantitative estimate of drug-likeness (QED) is 0.659. The number of unbranched alkanes of at least 4 members (excludes halogenated alkanes) is 2. The minimum Gasteiger partial charge on any atom is -0.486 e. The van der Waals surface area contributed by atoms with Gasteiger partial charge in [-0.05, 0) is 36.8 Å². The standard InChI is InChI=1S/C20H24N2O5S/c1-2-3-4-10-21-20(23)15-6-5-7-16(13-15)22-28(24,25)17-8-9-18-19(14-17)27-12-11-26-18/h5-9,13-14,22H,2-4,10-12H2,1H3,(H,21,23). The summed E-state index contributed by atoms with van der Waals surface area (Å²) >= 11 is 0. The molecule has 1 aliphatic heterocycles. The van der Waals surface area contributed by atoms with Gasteiger partial charge in [-0.2, -0.15) is 0 Å². The molecule has 3 rings (SSSR count). The van der Waals surface area contributed by atoms with Gasteiger partial charge in [-0.3, -0.25) is 9.52 Å². The maximum absolute atomic E-state index is 12.7. The van der Waals surface area contributed by atoms with Gasteiger partial charge in [-0.1, -0.05) is 25.8 Å². The Labute approximate surface area is 165 Å². The minimum absolute atomic E-state index is 0.0613. The van der Waals surface area contributed by atoms with Crippen LogP contribution in [-0.4, -0.2) is 34.1 Å². The molecule has 7 nitrogen and oxygen atoms in total. The molecule has 28 heavy (non-hydrogen) atoms. The second-order valence-corrected chi connectivity index (χ2v) is 8.14. The Morgan fingerprint density at radius 2 is 1.82 bits per heavy atom. The maximum atomic E-state index is 12.7. The van der Waals surface area contributed by atoms with E-state index in [0.717, 1.165) is 19.3 Å². The first-order valence-electron chi connectivity index (χ1n) is 9.30. The third kappa shape index (κ3) is 4.95. The van der Waals surface area contributed by atoms with Crippen LogP contribution in [0.5, 0.6) is 11.5 Å². The molecule has 0 unspecified atom stereocenters. The number of carbonyl (C=O) groups excluding carboxylic acids is 1. The number of benzene rings is 2. The number of anilines is 1. The number of hydrogen-bond acceptors (Lipinski definition) is 5. The second-order valence-electron chi connectivity index (χ2n) is 6.45. The third-order valence-corrected chi connectivity index (χ3v) is 5.65. The van der Waals surface area contributed by atoms with Crippen molar-refractivity contribution in [1.29, 1.82) is 0 Å². The van der Waals surface area contributed by atoms with Crippen LogP contribution in [0.25, 0.3) is 0 Å². The Morgan fingerprint density at radius 1 is 1.04 bits per heavy atom. The van der Waals surface area contributed by atoms with Gasteiger partial charge in [0.05, 0.1) is 4.90 Å². The molecule has 1 amide bonds. The molecular formula is C20H24N2O5S. The number of nitrogens with one attached hydrogen (secondary N) is 2. The van der Waals surface area contributed by atoms with E-state index in [1.54, 1.807) is 24.3 Å². The lowest BCUT2D eigenvalue weighted by Gasteiger charge is -2.19. The highest BCUT2D eigenvalue weighted by atomic mass is 32.2. The van der Waals surface area contributed by atoms with Crippen molar-refractivity contribution < 1.29 is 22.7 Å². The fourth-order valence-corrected chi connectivity index (χ4v) is 3.87. The molecule has 2 aromatic carbocycles. The summed E-state index contributed by atoms with van der Waals surface area (Å²) < 4.78 is 38.8. The topological polar surface area (TPSA) is 93.7 Å². The van der Waals surface area contributed by atoms with E-state index in [1.807, 2.05) is 0 Å². The van der Waals surface area contributed by atoms with E-state index in [4.69, 9.17) is 9.47 Å². The molecule has 8 heteroatoms. The van der Waals surface area contributed by atoms with Crippen LogP contribution in [0.3, 0.4) is 0 Å². The van der Waals surface area contributed by atoms with Gasteiger partial charge >= 0.3 is 0 Å². The van der Waals surface area contributed by atoms with Crippen LogP contribution in [0.1, 0.15) is 36.5 Å². The van der Waals surface area contributed by atoms with Crippen molar-refractivity contribution in [2.75, 3.05) is 24.5 Å². The van der Waals surface area contributed by atoms with Gasteiger partial charge in [0.1, 0.15) is 13.2 Å². The van der Waals surface area contributed by atoms with Crippen molar-refractivity contribution in [3.8, 4) is 11.5 Å². The van der Waals surface area contributed by atoms with Crippen LogP contribution in [0, 0.1) is 0 Å². The van der Waals surface area contributed by atoms with Crippen molar-refractivity contribution in [3.63, 3.8) is 0 Å². The molecule has 0 radical (unpaired) electrons. The fourth-order valence-electron chi connectivity index (χ4n) is 2.81. The van der Waals surface area contributed by atoms with Crippen molar-refractivity contribution in [2.24, 2.45) is 0 Å². The predicted octanol–water partition coefficient (Wildman–Crippen LogP) is 3.18. The van der Waals surface area contributed by atoms with Gasteiger partial charge in [0.2, 0.25) is 0 Å². The highest BCUT2D eigenvalue weighted by Gasteiger charge is 2.20. The zero-order valence-corrected chi connectivity index (χ0v) is 16.6. The molecule has 0 bridgehead atoms. The predicted molar refractivity (Wildman–Crippen MR) is 107 cm³/mol. The van der Waals surface area contributed by atoms with Gasteiger partial charge in [0.25, 0.3) is 15.9 Å². The molecular weight excluding hydrogens is 380 g/mol. The molecule has 0 aliphatic carbocycles. The summed E-state index contributed by atoms with van der Waals surface area (Å²) in [6.45, 7) is 3.50. The highest BCUT2D eigenvalue weighted by Crippen LogP contribution is 2.32. The van der Waals surface area contributed by atoms with Crippen molar-refractivity contribution in [3.05, 3.63) is 48.0 Å². The zero-order chi connectivity index (χ0) is 20.0. The maximum Gasteiger partial charge on any atom is 0.262 e. The molecule has 2 N–H and O–H groups in total. The number of hydrogen-bond donors (Lipinski definition) is 2. The second kappa shape index (κ2) is 8.97. The normalized spacial score (nSPS) is 13.0. The lowest BCUT2D eigenvalue weighted by molar-refractivity contribution is 0.0953. The van der Waals surface area contributed by atoms with Crippen LogP contribution in [-0.2, 0) is 10.0 Å². The highest BCUT2D eigenvalue weighted by molar-refractivity contribution is 7.92. The average Bonchev–Trinajstić information content (AvgIpc) is 2.70. The van der Waals surface area contributed by atoms with Crippen LogP contribution in [0.2, 0.25) is 0 Å². The molecule has 0 atom stereocenters. The zero-order valence-electron chi connectivity index (χ0n) is 15.7. The molecule has 1 heterocycles. The Bertz CT molecular complexity index is 943. The van der Waals surface area contributed by atoms with Crippen LogP contribution in [0.15, 0.2) is 47.4 Å². The van der Waals surface area contributed by atoms with E-state index >= 15 is 0 Å². The Hall–Kier alpha value is -2.74. The summed E-state index contributed by atoms with van der Waals surface area (Å²) in [5.41, 5.74) is 0.718. The van der Waals surface area contributed by atoms with E-state index < -0.39 is 10.0 Å². The van der Waals surface area contributed by atoms with Gasteiger partial charge in [0.15, 0.2) is 11.5 Å². The first-order chi connectivity index (χ1) is 13.5. The van der Waals surface area contributed by atoms with E-state index in [2.05, 4.69) is 17.0 Å². The van der Waals surface area contributed by atoms with Crippen molar-refractivity contribution in [2.45, 2.75) is 31.1 Å². The van der Waals surface area contributed by atoms with Crippen molar-refractivity contribution in [1.82, 2.24) is 5.32 Å². The van der Waals surface area contributed by atoms with Gasteiger partial charge in [-0.25, -0.2) is 8.42 Å². The monoisotopic (exact) mass is 404 g/mol. The van der Waals surface area contributed by atoms with Crippen LogP contribution < -0.4 is 19.5 Å². The largest absolute Gasteiger partial charge is 0.486 e. The van der Waals surface area contributed by atoms with E-state index in [-0.39, 0.29) is 10.8 Å². The van der Waals surface area contributed by atoms with Crippen LogP contribution in [0.4, 0.5) is 5.69 Å². The lowest BCUT2D eigenvalue weighted by atomic mass is 10.2. The molecule has 150 valence electrons. The number of amides is 1. The van der Waals surface area contributed by atoms with E-state index in [0.29, 0.717) is 42.5 Å². The van der Waals surface area contributed by atoms with Crippen molar-refractivity contribution >= 4 is 21.6 Å². The number of rotatable bonds is 8. The van der Waals surface area contributed by atoms with Gasteiger partial charge in [-0.15, -0.1) is 0 Å². The smallest absolute Gasteiger partial charge is 0.262 e. The Morgan fingerprint density at radius 3 is 2.61 bits per heavy atom. The lowest BCUT2D eigenvalue weighted by Crippen LogP contribution is -2.24. The summed E-state index contributed by atoms with van der Waals surface area (Å²) in [7, 11) is -3.83. The molecule has 0 aromatic heterocycles. The van der Waals surface area contributed by atoms with Crippen LogP contribution >= 0.6 is 0 Å². The first kappa shape index (κ1) is 20.0. The number of sulfonamides is 1. The number of carbonyl (C=O) groups is 1. The SMILES string of the molecule is CCCCCNC(=O)c1cccc(NS(=O)(=O)c2ccc3c(c2)OCCO3)c1. The third-order valence-electron chi connectivity index (χ3n) is 4.27. The molecule has 0 spiro atoms. The van der Waals surface area contributed by atoms with E-state index in [9.17, 15) is 13.2 Å². The van der Waals surface area contributed by atoms with E-state index in [1.165, 1.54) is 18.2 Å². The summed E-state index contributed by atoms with van der Waals surface area (Å²) in [5, 5.41) is 2.84. The summed E-state index contributed by atoms with van der Waals surface area (Å²) in [4.78, 5) is 12.3. The Kier molecular flexibility index (Phi) is 6.41. The molecule has 0 saturated heterocycles. The number of fused-ring (bicyclic) bond motifs is 1. The summed E-state index contributed by atoms with van der Waals surface area (Å²) in [5.74, 6) is 0.692. The summed E-state index contributed by atoms with van der Waals surface area (Å²) in [6.07, 6.45) is 3.04. The molecule has 0 fully saturated rings. The fraction of sp³-hybridized carbons (Fsp3) is 0.350. The number of ether oxygens (including phenoxy) is 2. The first-order valence-corrected chi connectivity index (χ1v) is 10.8.